The Morgan fingerprint density at radius 2 is 1.93 bits per heavy atom. The van der Waals surface area contributed by atoms with Crippen LogP contribution in [0.1, 0.15) is 18.9 Å². The molecule has 1 aliphatic heterocycles. The van der Waals surface area contributed by atoms with Crippen LogP contribution in [-0.2, 0) is 17.8 Å². The molecule has 0 spiro atoms. The van der Waals surface area contributed by atoms with Crippen molar-refractivity contribution < 1.29 is 9.90 Å². The average Bonchev–Trinajstić information content (AvgIpc) is 2.97. The molecule has 0 unspecified atom stereocenters. The van der Waals surface area contributed by atoms with Gasteiger partial charge in [-0.25, -0.2) is 0 Å². The summed E-state index contributed by atoms with van der Waals surface area (Å²) in [6.45, 7) is 3.58. The highest BCUT2D eigenvalue weighted by Gasteiger charge is 2.19. The highest BCUT2D eigenvalue weighted by atomic mass is 16.3. The molecule has 27 heavy (non-hydrogen) atoms. The van der Waals surface area contributed by atoms with E-state index in [0.29, 0.717) is 12.2 Å². The number of azo groups is 1. The predicted octanol–water partition coefficient (Wildman–Crippen LogP) is 4.43. The third-order valence-electron chi connectivity index (χ3n) is 5.03. The van der Waals surface area contributed by atoms with Gasteiger partial charge in [-0.15, -0.1) is 10.2 Å². The van der Waals surface area contributed by atoms with E-state index in [1.807, 2.05) is 49.4 Å². The molecule has 2 heterocycles. The van der Waals surface area contributed by atoms with Gasteiger partial charge in [-0.3, -0.25) is 4.79 Å². The fraction of sp³-hybridized carbons (Fsp3) is 0.286. The van der Waals surface area contributed by atoms with Gasteiger partial charge in [0.25, 0.3) is 5.91 Å². The zero-order valence-corrected chi connectivity index (χ0v) is 15.3. The number of rotatable bonds is 4. The number of hydrogen-bond donors (Lipinski definition) is 1. The highest BCUT2D eigenvalue weighted by Crippen LogP contribution is 2.38. The molecular formula is C21H22N4O2. The molecule has 0 aliphatic carbocycles. The zero-order valence-electron chi connectivity index (χ0n) is 15.3. The molecule has 6 nitrogen and oxygen atoms in total. The van der Waals surface area contributed by atoms with Gasteiger partial charge in [0.2, 0.25) is 5.88 Å². The van der Waals surface area contributed by atoms with E-state index in [1.165, 1.54) is 5.56 Å². The first kappa shape index (κ1) is 17.3. The summed E-state index contributed by atoms with van der Waals surface area (Å²) in [5, 5.41) is 19.2. The minimum atomic E-state index is -0.320. The smallest absolute Gasteiger partial charge is 0.283 e. The first-order valence-corrected chi connectivity index (χ1v) is 9.26. The fourth-order valence-electron chi connectivity index (χ4n) is 3.77. The van der Waals surface area contributed by atoms with Crippen molar-refractivity contribution in [3.05, 3.63) is 54.1 Å². The van der Waals surface area contributed by atoms with Gasteiger partial charge in [0.15, 0.2) is 5.69 Å². The van der Waals surface area contributed by atoms with Gasteiger partial charge in [-0.2, -0.15) is 0 Å². The average molecular weight is 362 g/mol. The second-order valence-electron chi connectivity index (χ2n) is 6.68. The summed E-state index contributed by atoms with van der Waals surface area (Å²) in [6.07, 6.45) is 2.05. The maximum Gasteiger partial charge on any atom is 0.283 e. The lowest BCUT2D eigenvalue weighted by Gasteiger charge is -2.29. The molecule has 0 saturated heterocycles. The summed E-state index contributed by atoms with van der Waals surface area (Å²) in [5.74, 6) is -0.280. The minimum absolute atomic E-state index is 0.0403. The normalized spacial score (nSPS) is 14.0. The molecule has 6 heteroatoms. The third kappa shape index (κ3) is 3.18. The van der Waals surface area contributed by atoms with E-state index < -0.39 is 0 Å². The second kappa shape index (κ2) is 7.23. The molecule has 1 N–H and O–H groups in total. The van der Waals surface area contributed by atoms with Crippen molar-refractivity contribution in [1.29, 1.82) is 0 Å². The second-order valence-corrected chi connectivity index (χ2v) is 6.68. The van der Waals surface area contributed by atoms with Crippen molar-refractivity contribution in [2.24, 2.45) is 10.2 Å². The van der Waals surface area contributed by atoms with Crippen LogP contribution in [0.5, 0.6) is 5.88 Å². The number of aromatic nitrogens is 1. The topological polar surface area (TPSA) is 70.2 Å². The van der Waals surface area contributed by atoms with Crippen molar-refractivity contribution in [3.63, 3.8) is 0 Å². The number of para-hydroxylation sites is 2. The Labute approximate surface area is 157 Å². The summed E-state index contributed by atoms with van der Waals surface area (Å²) in [4.78, 5) is 14.5. The van der Waals surface area contributed by atoms with E-state index in [4.69, 9.17) is 0 Å². The Balaban J connectivity index is 1.57. The summed E-state index contributed by atoms with van der Waals surface area (Å²) in [7, 11) is 0. The van der Waals surface area contributed by atoms with Gasteiger partial charge in [0.1, 0.15) is 6.54 Å². The molecular weight excluding hydrogens is 340 g/mol. The number of carbonyl (C=O) groups excluding carboxylic acids is 1. The molecule has 0 radical (unpaired) electrons. The zero-order chi connectivity index (χ0) is 18.8. The number of benzene rings is 2. The van der Waals surface area contributed by atoms with Crippen LogP contribution in [0.3, 0.4) is 0 Å². The van der Waals surface area contributed by atoms with E-state index in [0.717, 1.165) is 36.0 Å². The maximum absolute atomic E-state index is 12.4. The van der Waals surface area contributed by atoms with Crippen LogP contribution in [-0.4, -0.2) is 28.7 Å². The number of aryl methyl sites for hydroxylation is 2. The van der Waals surface area contributed by atoms with E-state index in [9.17, 15) is 9.90 Å². The van der Waals surface area contributed by atoms with Crippen LogP contribution < -0.4 is 4.90 Å². The number of aromatic hydroxyl groups is 1. The van der Waals surface area contributed by atoms with E-state index in [1.54, 1.807) is 4.57 Å². The molecule has 2 aromatic carbocycles. The van der Waals surface area contributed by atoms with Crippen LogP contribution >= 0.6 is 0 Å². The van der Waals surface area contributed by atoms with E-state index in [-0.39, 0.29) is 18.3 Å². The molecule has 4 rings (SSSR count). The van der Waals surface area contributed by atoms with Gasteiger partial charge in [0.05, 0.1) is 5.52 Å². The maximum atomic E-state index is 12.4. The van der Waals surface area contributed by atoms with Crippen molar-refractivity contribution in [3.8, 4) is 5.88 Å². The Kier molecular flexibility index (Phi) is 4.62. The number of carbonyl (C=O) groups is 1. The minimum Gasteiger partial charge on any atom is -0.493 e. The van der Waals surface area contributed by atoms with Crippen LogP contribution in [0.15, 0.2) is 58.8 Å². The molecule has 0 bridgehead atoms. The standard InChI is InChI=1S/C21H22N4O2/c1-2-25-18-12-6-4-10-16(18)20(21(25)27)23-22-19(26)14-24-13-7-9-15-8-3-5-11-17(15)24/h3-6,8,10-12,27H,2,7,9,13-14H2,1H3. The lowest BCUT2D eigenvalue weighted by atomic mass is 10.0. The van der Waals surface area contributed by atoms with Crippen LogP contribution in [0.25, 0.3) is 10.9 Å². The number of amides is 1. The van der Waals surface area contributed by atoms with Gasteiger partial charge in [0, 0.05) is 24.2 Å². The van der Waals surface area contributed by atoms with E-state index in [2.05, 4.69) is 21.2 Å². The number of fused-ring (bicyclic) bond motifs is 2. The lowest BCUT2D eigenvalue weighted by molar-refractivity contribution is -0.117. The Morgan fingerprint density at radius 1 is 1.15 bits per heavy atom. The number of nitrogens with zero attached hydrogens (tertiary/aromatic N) is 4. The van der Waals surface area contributed by atoms with Crippen molar-refractivity contribution in [2.75, 3.05) is 18.0 Å². The molecule has 1 aliphatic rings. The number of anilines is 1. The summed E-state index contributed by atoms with van der Waals surface area (Å²) in [6, 6.07) is 15.7. The van der Waals surface area contributed by atoms with Crippen LogP contribution in [0, 0.1) is 0 Å². The Morgan fingerprint density at radius 3 is 2.78 bits per heavy atom. The molecule has 0 saturated carbocycles. The predicted molar refractivity (Wildman–Crippen MR) is 106 cm³/mol. The van der Waals surface area contributed by atoms with Crippen LogP contribution in [0.4, 0.5) is 11.4 Å². The summed E-state index contributed by atoms with van der Waals surface area (Å²) >= 11 is 0. The van der Waals surface area contributed by atoms with Gasteiger partial charge >= 0.3 is 0 Å². The van der Waals surface area contributed by atoms with Crippen molar-refractivity contribution in [2.45, 2.75) is 26.3 Å². The Hall–Kier alpha value is -3.15. The van der Waals surface area contributed by atoms with Gasteiger partial charge < -0.3 is 14.6 Å². The largest absolute Gasteiger partial charge is 0.493 e. The molecule has 0 fully saturated rings. The van der Waals surface area contributed by atoms with Crippen LogP contribution in [0.2, 0.25) is 0 Å². The molecule has 138 valence electrons. The summed E-state index contributed by atoms with van der Waals surface area (Å²) in [5.41, 5.74) is 3.58. The van der Waals surface area contributed by atoms with Crippen molar-refractivity contribution in [1.82, 2.24) is 4.57 Å². The number of hydrogen-bond acceptors (Lipinski definition) is 4. The first-order valence-electron chi connectivity index (χ1n) is 9.26. The quantitative estimate of drug-likeness (QED) is 0.698. The summed E-state index contributed by atoms with van der Waals surface area (Å²) < 4.78 is 1.76. The molecule has 3 aromatic rings. The van der Waals surface area contributed by atoms with E-state index >= 15 is 0 Å². The molecule has 1 amide bonds. The monoisotopic (exact) mass is 362 g/mol. The first-order chi connectivity index (χ1) is 13.2. The van der Waals surface area contributed by atoms with Crippen molar-refractivity contribution >= 4 is 28.2 Å². The van der Waals surface area contributed by atoms with Gasteiger partial charge in [-0.1, -0.05) is 36.4 Å². The SMILES string of the molecule is CCn1c(O)c(N=NC(=O)CN2CCCc3ccccc32)c2ccccc21. The molecule has 1 aromatic heterocycles. The van der Waals surface area contributed by atoms with Gasteiger partial charge in [-0.05, 0) is 37.5 Å². The highest BCUT2D eigenvalue weighted by molar-refractivity contribution is 5.95. The lowest BCUT2D eigenvalue weighted by Crippen LogP contribution is -2.33. The fourth-order valence-corrected chi connectivity index (χ4v) is 3.77. The third-order valence-corrected chi connectivity index (χ3v) is 5.03. The molecule has 0 atom stereocenters. The Bertz CT molecular complexity index is 1020.